The monoisotopic (exact) mass is 281 g/mol. The number of nitrogen functional groups attached to an aromatic ring is 1. The zero-order chi connectivity index (χ0) is 13.6. The molecule has 1 aromatic heterocycles. The van der Waals surface area contributed by atoms with Crippen molar-refractivity contribution in [2.75, 3.05) is 5.73 Å². The van der Waals surface area contributed by atoms with Gasteiger partial charge in [0, 0.05) is 12.1 Å². The van der Waals surface area contributed by atoms with Gasteiger partial charge in [-0.3, -0.25) is 4.79 Å². The van der Waals surface area contributed by atoms with Gasteiger partial charge in [0.1, 0.15) is 11.5 Å². The summed E-state index contributed by atoms with van der Waals surface area (Å²) in [5, 5.41) is 10.1. The highest BCUT2D eigenvalue weighted by atomic mass is 35.5. The smallest absolute Gasteiger partial charge is 0.274 e. The van der Waals surface area contributed by atoms with E-state index in [1.54, 1.807) is 12.1 Å². The molecule has 19 heavy (non-hydrogen) atoms. The van der Waals surface area contributed by atoms with Gasteiger partial charge < -0.3 is 15.7 Å². The van der Waals surface area contributed by atoms with E-state index in [0.29, 0.717) is 17.9 Å². The Morgan fingerprint density at radius 1 is 1.37 bits per heavy atom. The van der Waals surface area contributed by atoms with Crippen molar-refractivity contribution < 1.29 is 9.90 Å². The second kappa shape index (κ2) is 4.65. The first-order valence-electron chi connectivity index (χ1n) is 6.49. The number of piperidine rings is 1. The summed E-state index contributed by atoms with van der Waals surface area (Å²) in [6, 6.07) is 3.37. The van der Waals surface area contributed by atoms with Gasteiger partial charge in [-0.05, 0) is 37.8 Å². The number of aliphatic hydroxyl groups excluding tert-OH is 1. The summed E-state index contributed by atoms with van der Waals surface area (Å²) in [5.41, 5.74) is 5.84. The van der Waals surface area contributed by atoms with Gasteiger partial charge in [-0.2, -0.15) is 0 Å². The van der Waals surface area contributed by atoms with E-state index in [1.165, 1.54) is 0 Å². The predicted octanol–water partition coefficient (Wildman–Crippen LogP) is 1.45. The Hall–Kier alpha value is -1.33. The van der Waals surface area contributed by atoms with Crippen LogP contribution in [-0.2, 0) is 0 Å². The van der Waals surface area contributed by atoms with Crippen LogP contribution in [0.3, 0.4) is 0 Å². The second-order valence-corrected chi connectivity index (χ2v) is 5.70. The average molecular weight is 282 g/mol. The molecule has 2 aliphatic heterocycles. The molecule has 0 saturated carbocycles. The van der Waals surface area contributed by atoms with Crippen molar-refractivity contribution in [2.24, 2.45) is 0 Å². The van der Waals surface area contributed by atoms with E-state index in [2.05, 4.69) is 4.98 Å². The lowest BCUT2D eigenvalue weighted by molar-refractivity contribution is 0.0283. The van der Waals surface area contributed by atoms with Crippen LogP contribution in [0.1, 0.15) is 36.2 Å². The number of fused-ring (bicyclic) bond motifs is 2. The summed E-state index contributed by atoms with van der Waals surface area (Å²) in [6.07, 6.45) is 2.86. The van der Waals surface area contributed by atoms with E-state index in [0.717, 1.165) is 12.8 Å². The molecule has 3 N–H and O–H groups in total. The number of halogens is 1. The maximum absolute atomic E-state index is 12.6. The molecule has 3 rings (SSSR count). The lowest BCUT2D eigenvalue weighted by atomic mass is 9.99. The van der Waals surface area contributed by atoms with Gasteiger partial charge in [-0.15, -0.1) is 0 Å². The van der Waals surface area contributed by atoms with Crippen molar-refractivity contribution in [1.29, 1.82) is 0 Å². The molecule has 5 nitrogen and oxygen atoms in total. The van der Waals surface area contributed by atoms with Gasteiger partial charge in [0.25, 0.3) is 5.91 Å². The fourth-order valence-electron chi connectivity index (χ4n) is 3.21. The first-order valence-corrected chi connectivity index (χ1v) is 6.87. The van der Waals surface area contributed by atoms with Gasteiger partial charge >= 0.3 is 0 Å². The van der Waals surface area contributed by atoms with Crippen molar-refractivity contribution in [1.82, 2.24) is 9.88 Å². The van der Waals surface area contributed by atoms with Crippen LogP contribution in [0.4, 0.5) is 5.82 Å². The van der Waals surface area contributed by atoms with E-state index in [9.17, 15) is 9.90 Å². The molecule has 2 aliphatic rings. The molecule has 0 aromatic carbocycles. The quantitative estimate of drug-likeness (QED) is 0.816. The molecule has 0 spiro atoms. The van der Waals surface area contributed by atoms with Gasteiger partial charge in [-0.1, -0.05) is 11.6 Å². The number of anilines is 1. The summed E-state index contributed by atoms with van der Waals surface area (Å²) < 4.78 is 0. The summed E-state index contributed by atoms with van der Waals surface area (Å²) in [7, 11) is 0. The number of hydrogen-bond acceptors (Lipinski definition) is 4. The number of carbonyl (C=O) groups is 1. The molecule has 0 aliphatic carbocycles. The maximum Gasteiger partial charge on any atom is 0.274 e. The molecule has 6 heteroatoms. The topological polar surface area (TPSA) is 79.5 Å². The van der Waals surface area contributed by atoms with Crippen LogP contribution in [0.15, 0.2) is 12.1 Å². The van der Waals surface area contributed by atoms with E-state index in [4.69, 9.17) is 17.3 Å². The highest BCUT2D eigenvalue weighted by Crippen LogP contribution is 2.37. The van der Waals surface area contributed by atoms with Crippen LogP contribution in [0.2, 0.25) is 5.02 Å². The largest absolute Gasteiger partial charge is 0.393 e. The van der Waals surface area contributed by atoms with Crippen molar-refractivity contribution in [3.05, 3.63) is 22.8 Å². The molecule has 102 valence electrons. The Bertz CT molecular complexity index is 509. The molecule has 2 atom stereocenters. The number of aliphatic hydroxyl groups is 1. The summed E-state index contributed by atoms with van der Waals surface area (Å²) in [6.45, 7) is 0. The molecule has 2 bridgehead atoms. The Labute approximate surface area is 116 Å². The molecule has 2 unspecified atom stereocenters. The summed E-state index contributed by atoms with van der Waals surface area (Å²) in [5.74, 6) is 0.119. The Morgan fingerprint density at radius 3 is 2.63 bits per heavy atom. The second-order valence-electron chi connectivity index (χ2n) is 5.29. The lowest BCUT2D eigenvalue weighted by Crippen LogP contribution is -2.48. The molecular weight excluding hydrogens is 266 g/mol. The van der Waals surface area contributed by atoms with Crippen molar-refractivity contribution in [3.8, 4) is 0 Å². The molecule has 3 heterocycles. The third-order valence-corrected chi connectivity index (χ3v) is 4.32. The van der Waals surface area contributed by atoms with E-state index in [-0.39, 0.29) is 35.6 Å². The SMILES string of the molecule is Nc1ccc(Cl)c(C(=O)N2C3CCC2CC(O)C3)n1. The number of carbonyl (C=O) groups excluding carboxylic acids is 1. The van der Waals surface area contributed by atoms with Crippen LogP contribution >= 0.6 is 11.6 Å². The van der Waals surface area contributed by atoms with Gasteiger partial charge in [0.05, 0.1) is 11.1 Å². The van der Waals surface area contributed by atoms with Crippen molar-refractivity contribution >= 4 is 23.3 Å². The number of aromatic nitrogens is 1. The van der Waals surface area contributed by atoms with Crippen LogP contribution in [0.5, 0.6) is 0 Å². The fraction of sp³-hybridized carbons (Fsp3) is 0.538. The Kier molecular flexibility index (Phi) is 3.11. The zero-order valence-electron chi connectivity index (χ0n) is 10.4. The van der Waals surface area contributed by atoms with Gasteiger partial charge in [0.2, 0.25) is 0 Å². The van der Waals surface area contributed by atoms with E-state index < -0.39 is 0 Å². The minimum atomic E-state index is -0.300. The first kappa shape index (κ1) is 12.7. The zero-order valence-corrected chi connectivity index (χ0v) is 11.2. The van der Waals surface area contributed by atoms with Crippen LogP contribution in [-0.4, -0.2) is 39.1 Å². The Morgan fingerprint density at radius 2 is 2.00 bits per heavy atom. The molecule has 0 radical (unpaired) electrons. The van der Waals surface area contributed by atoms with Crippen molar-refractivity contribution in [3.63, 3.8) is 0 Å². The maximum atomic E-state index is 12.6. The minimum Gasteiger partial charge on any atom is -0.393 e. The lowest BCUT2D eigenvalue weighted by Gasteiger charge is -2.37. The van der Waals surface area contributed by atoms with Gasteiger partial charge in [0.15, 0.2) is 0 Å². The normalized spacial score (nSPS) is 29.6. The van der Waals surface area contributed by atoms with E-state index in [1.807, 2.05) is 4.90 Å². The molecule has 2 saturated heterocycles. The highest BCUT2D eigenvalue weighted by molar-refractivity contribution is 6.33. The first-order chi connectivity index (χ1) is 9.06. The fourth-order valence-corrected chi connectivity index (χ4v) is 3.40. The predicted molar refractivity (Wildman–Crippen MR) is 71.9 cm³/mol. The number of pyridine rings is 1. The van der Waals surface area contributed by atoms with Crippen LogP contribution in [0.25, 0.3) is 0 Å². The highest BCUT2D eigenvalue weighted by Gasteiger charge is 2.43. The molecule has 1 aromatic rings. The van der Waals surface area contributed by atoms with Gasteiger partial charge in [-0.25, -0.2) is 4.98 Å². The number of nitrogens with zero attached hydrogens (tertiary/aromatic N) is 2. The third-order valence-electron chi connectivity index (χ3n) is 4.01. The molecular formula is C13H16ClN3O2. The summed E-state index contributed by atoms with van der Waals surface area (Å²) in [4.78, 5) is 18.5. The number of amides is 1. The Balaban J connectivity index is 1.90. The van der Waals surface area contributed by atoms with Crippen LogP contribution < -0.4 is 5.73 Å². The number of nitrogens with two attached hydrogens (primary N) is 1. The molecule has 2 fully saturated rings. The third kappa shape index (κ3) is 2.17. The minimum absolute atomic E-state index is 0.0977. The van der Waals surface area contributed by atoms with Crippen molar-refractivity contribution in [2.45, 2.75) is 43.9 Å². The molecule has 1 amide bonds. The number of hydrogen-bond donors (Lipinski definition) is 2. The summed E-state index contributed by atoms with van der Waals surface area (Å²) >= 11 is 6.04. The average Bonchev–Trinajstić information content (AvgIpc) is 2.64. The van der Waals surface area contributed by atoms with E-state index >= 15 is 0 Å². The van der Waals surface area contributed by atoms with Crippen LogP contribution in [0, 0.1) is 0 Å². The standard InChI is InChI=1S/C13H16ClN3O2/c14-10-3-4-11(15)16-12(10)13(19)17-7-1-2-8(17)6-9(18)5-7/h3-4,7-9,18H,1-2,5-6H2,(H2,15,16). The number of rotatable bonds is 1.